The number of likely N-dealkylation sites (tertiary alicyclic amines) is 1. The average Bonchev–Trinajstić information content (AvgIpc) is 2.92. The minimum atomic E-state index is -4.77. The highest BCUT2D eigenvalue weighted by atomic mass is 32.2. The zero-order valence-corrected chi connectivity index (χ0v) is 14.7. The van der Waals surface area contributed by atoms with Crippen molar-refractivity contribution < 1.29 is 36.3 Å². The standard InChI is InChI=1S/C15H17F3N2O5S/c1-8-3-4-12(19-26(2,24)25)9(5-8)13(21)20-6-10(14(22)23)11(7-20)15(16,17)18/h3-5,10-11,19H,6-7H2,1-2H3,(H,22,23)/t10-,11-/m1/s1. The van der Waals surface area contributed by atoms with Crippen molar-refractivity contribution in [1.82, 2.24) is 4.90 Å². The number of amides is 1. The Morgan fingerprint density at radius 1 is 1.27 bits per heavy atom. The van der Waals surface area contributed by atoms with Gasteiger partial charge in [-0.15, -0.1) is 0 Å². The first-order valence-corrected chi connectivity index (χ1v) is 9.36. The molecule has 1 saturated heterocycles. The number of hydrogen-bond acceptors (Lipinski definition) is 4. The molecule has 2 atom stereocenters. The summed E-state index contributed by atoms with van der Waals surface area (Å²) in [5.74, 6) is -6.45. The minimum absolute atomic E-state index is 0.0783. The number of aryl methyl sites for hydroxylation is 1. The first-order valence-electron chi connectivity index (χ1n) is 7.47. The van der Waals surface area contributed by atoms with Crippen LogP contribution in [0.1, 0.15) is 15.9 Å². The molecule has 2 rings (SSSR count). The number of hydrogen-bond donors (Lipinski definition) is 2. The van der Waals surface area contributed by atoms with Crippen molar-refractivity contribution in [1.29, 1.82) is 0 Å². The normalized spacial score (nSPS) is 20.9. The van der Waals surface area contributed by atoms with Crippen LogP contribution < -0.4 is 4.72 Å². The molecule has 0 unspecified atom stereocenters. The Kier molecular flexibility index (Phi) is 5.22. The Morgan fingerprint density at radius 3 is 2.35 bits per heavy atom. The molecule has 0 radical (unpaired) electrons. The van der Waals surface area contributed by atoms with Gasteiger partial charge in [0.2, 0.25) is 10.0 Å². The van der Waals surface area contributed by atoms with Crippen molar-refractivity contribution in [2.24, 2.45) is 11.8 Å². The molecular formula is C15H17F3N2O5S. The highest BCUT2D eigenvalue weighted by molar-refractivity contribution is 7.92. The maximum Gasteiger partial charge on any atom is 0.394 e. The Labute approximate surface area is 147 Å². The van der Waals surface area contributed by atoms with Crippen molar-refractivity contribution in [2.45, 2.75) is 13.1 Å². The third-order valence-corrected chi connectivity index (χ3v) is 4.64. The van der Waals surface area contributed by atoms with Crippen molar-refractivity contribution in [3.05, 3.63) is 29.3 Å². The van der Waals surface area contributed by atoms with Gasteiger partial charge in [-0.05, 0) is 19.1 Å². The summed E-state index contributed by atoms with van der Waals surface area (Å²) in [6.07, 6.45) is -3.89. The van der Waals surface area contributed by atoms with Gasteiger partial charge in [0.15, 0.2) is 0 Å². The van der Waals surface area contributed by atoms with Gasteiger partial charge in [0, 0.05) is 13.1 Å². The first kappa shape index (κ1) is 20.0. The molecule has 1 heterocycles. The van der Waals surface area contributed by atoms with Gasteiger partial charge in [-0.3, -0.25) is 14.3 Å². The zero-order chi connectivity index (χ0) is 19.9. The molecule has 0 saturated carbocycles. The molecule has 7 nitrogen and oxygen atoms in total. The Morgan fingerprint density at radius 2 is 1.88 bits per heavy atom. The number of carbonyl (C=O) groups excluding carboxylic acids is 1. The Hall–Kier alpha value is -2.30. The number of carboxylic acids is 1. The van der Waals surface area contributed by atoms with E-state index in [1.165, 1.54) is 18.2 Å². The molecule has 0 aromatic heterocycles. The number of nitrogens with zero attached hydrogens (tertiary/aromatic N) is 1. The molecule has 1 aliphatic rings. The molecular weight excluding hydrogens is 377 g/mol. The summed E-state index contributed by atoms with van der Waals surface area (Å²) in [6.45, 7) is 0.222. The van der Waals surface area contributed by atoms with Crippen LogP contribution in [0.3, 0.4) is 0 Å². The summed E-state index contributed by atoms with van der Waals surface area (Å²) in [6, 6.07) is 4.20. The second-order valence-electron chi connectivity index (χ2n) is 6.23. The molecule has 1 amide bonds. The second-order valence-corrected chi connectivity index (χ2v) is 7.97. The predicted molar refractivity (Wildman–Crippen MR) is 86.2 cm³/mol. The number of carbonyl (C=O) groups is 2. The van der Waals surface area contributed by atoms with Crippen LogP contribution in [0.15, 0.2) is 18.2 Å². The van der Waals surface area contributed by atoms with E-state index in [0.717, 1.165) is 11.2 Å². The van der Waals surface area contributed by atoms with Crippen LogP contribution in [0.5, 0.6) is 0 Å². The summed E-state index contributed by atoms with van der Waals surface area (Å²) >= 11 is 0. The largest absolute Gasteiger partial charge is 0.481 e. The van der Waals surface area contributed by atoms with Crippen molar-refractivity contribution >= 4 is 27.6 Å². The molecule has 0 bridgehead atoms. The fourth-order valence-electron chi connectivity index (χ4n) is 2.85. The van der Waals surface area contributed by atoms with E-state index in [-0.39, 0.29) is 11.3 Å². The molecule has 2 N–H and O–H groups in total. The van der Waals surface area contributed by atoms with Gasteiger partial charge in [0.05, 0.1) is 29.3 Å². The summed E-state index contributed by atoms with van der Waals surface area (Å²) in [5.41, 5.74) is 0.376. The van der Waals surface area contributed by atoms with E-state index in [1.54, 1.807) is 6.92 Å². The average molecular weight is 394 g/mol. The number of carboxylic acid groups (broad SMARTS) is 1. The van der Waals surface area contributed by atoms with Gasteiger partial charge in [-0.2, -0.15) is 13.2 Å². The quantitative estimate of drug-likeness (QED) is 0.809. The monoisotopic (exact) mass is 394 g/mol. The van der Waals surface area contributed by atoms with Crippen LogP contribution >= 0.6 is 0 Å². The summed E-state index contributed by atoms with van der Waals surface area (Å²) in [7, 11) is -3.72. The van der Waals surface area contributed by atoms with Gasteiger partial charge in [0.25, 0.3) is 5.91 Å². The van der Waals surface area contributed by atoms with Gasteiger partial charge in [0.1, 0.15) is 0 Å². The third-order valence-electron chi connectivity index (χ3n) is 4.05. The fourth-order valence-corrected chi connectivity index (χ4v) is 3.42. The maximum atomic E-state index is 13.1. The first-order chi connectivity index (χ1) is 11.8. The van der Waals surface area contributed by atoms with E-state index >= 15 is 0 Å². The lowest BCUT2D eigenvalue weighted by atomic mass is 9.96. The summed E-state index contributed by atoms with van der Waals surface area (Å²) in [4.78, 5) is 24.6. The molecule has 144 valence electrons. The van der Waals surface area contributed by atoms with Crippen LogP contribution in [0.4, 0.5) is 18.9 Å². The fraction of sp³-hybridized carbons (Fsp3) is 0.467. The Balaban J connectivity index is 2.38. The smallest absolute Gasteiger partial charge is 0.394 e. The van der Waals surface area contributed by atoms with E-state index < -0.39 is 53.0 Å². The number of benzene rings is 1. The maximum absolute atomic E-state index is 13.1. The number of aliphatic carboxylic acids is 1. The van der Waals surface area contributed by atoms with E-state index in [0.29, 0.717) is 5.56 Å². The van der Waals surface area contributed by atoms with Crippen LogP contribution in [0, 0.1) is 18.8 Å². The number of halogens is 3. The van der Waals surface area contributed by atoms with E-state index in [4.69, 9.17) is 5.11 Å². The van der Waals surface area contributed by atoms with Crippen LogP contribution in [0.2, 0.25) is 0 Å². The molecule has 1 fully saturated rings. The van der Waals surface area contributed by atoms with Crippen molar-refractivity contribution in [2.75, 3.05) is 24.1 Å². The molecule has 0 spiro atoms. The van der Waals surface area contributed by atoms with Gasteiger partial charge >= 0.3 is 12.1 Å². The van der Waals surface area contributed by atoms with Crippen molar-refractivity contribution in [3.8, 4) is 0 Å². The lowest BCUT2D eigenvalue weighted by Gasteiger charge is -2.20. The minimum Gasteiger partial charge on any atom is -0.481 e. The summed E-state index contributed by atoms with van der Waals surface area (Å²) in [5, 5.41) is 9.04. The third kappa shape index (κ3) is 4.45. The zero-order valence-electron chi connectivity index (χ0n) is 13.9. The molecule has 26 heavy (non-hydrogen) atoms. The van der Waals surface area contributed by atoms with E-state index in [1.807, 2.05) is 0 Å². The second kappa shape index (κ2) is 6.78. The number of sulfonamides is 1. The van der Waals surface area contributed by atoms with Crippen molar-refractivity contribution in [3.63, 3.8) is 0 Å². The predicted octanol–water partition coefficient (Wildman–Crippen LogP) is 1.70. The summed E-state index contributed by atoms with van der Waals surface area (Å²) < 4.78 is 64.3. The van der Waals surface area contributed by atoms with E-state index in [9.17, 15) is 31.2 Å². The molecule has 0 aliphatic carbocycles. The van der Waals surface area contributed by atoms with Gasteiger partial charge in [-0.25, -0.2) is 8.42 Å². The highest BCUT2D eigenvalue weighted by Crippen LogP contribution is 2.38. The highest BCUT2D eigenvalue weighted by Gasteiger charge is 2.53. The molecule has 1 aliphatic heterocycles. The molecule has 11 heteroatoms. The van der Waals surface area contributed by atoms with E-state index in [2.05, 4.69) is 4.72 Å². The molecule has 1 aromatic carbocycles. The topological polar surface area (TPSA) is 104 Å². The van der Waals surface area contributed by atoms with Crippen LogP contribution in [0.25, 0.3) is 0 Å². The number of anilines is 1. The SMILES string of the molecule is Cc1ccc(NS(C)(=O)=O)c(C(=O)N2C[C@@H](C(F)(F)F)[C@H](C(=O)O)C2)c1. The van der Waals surface area contributed by atoms with Crippen LogP contribution in [-0.2, 0) is 14.8 Å². The lowest BCUT2D eigenvalue weighted by Crippen LogP contribution is -2.34. The number of alkyl halides is 3. The van der Waals surface area contributed by atoms with Crippen LogP contribution in [-0.4, -0.2) is 55.8 Å². The van der Waals surface area contributed by atoms with Gasteiger partial charge < -0.3 is 10.0 Å². The Bertz CT molecular complexity index is 838. The lowest BCUT2D eigenvalue weighted by molar-refractivity contribution is -0.187. The van der Waals surface area contributed by atoms with Gasteiger partial charge in [-0.1, -0.05) is 11.6 Å². The molecule has 1 aromatic rings. The number of nitrogens with one attached hydrogen (secondary N) is 1. The number of rotatable bonds is 4.